The van der Waals surface area contributed by atoms with Crippen molar-refractivity contribution in [3.63, 3.8) is 0 Å². The Bertz CT molecular complexity index is 1310. The molecule has 36 heavy (non-hydrogen) atoms. The van der Waals surface area contributed by atoms with Crippen molar-refractivity contribution in [2.45, 2.75) is 26.7 Å². The third-order valence-electron chi connectivity index (χ3n) is 5.85. The van der Waals surface area contributed by atoms with Gasteiger partial charge in [-0.05, 0) is 30.2 Å². The minimum atomic E-state index is -0.960. The van der Waals surface area contributed by atoms with Crippen molar-refractivity contribution in [1.29, 1.82) is 5.26 Å². The molecule has 1 unspecified atom stereocenters. The van der Waals surface area contributed by atoms with E-state index in [0.29, 0.717) is 22.5 Å². The lowest BCUT2D eigenvalue weighted by Crippen LogP contribution is -2.41. The smallest absolute Gasteiger partial charge is 0.355 e. The number of anilines is 2. The van der Waals surface area contributed by atoms with Crippen molar-refractivity contribution >= 4 is 29.2 Å². The fourth-order valence-electron chi connectivity index (χ4n) is 3.98. The number of benzene rings is 2. The fourth-order valence-corrected chi connectivity index (χ4v) is 3.98. The zero-order chi connectivity index (χ0) is 26.6. The number of ether oxygens (including phenoxy) is 2. The van der Waals surface area contributed by atoms with E-state index in [-0.39, 0.29) is 34.5 Å². The quantitative estimate of drug-likeness (QED) is 0.590. The van der Waals surface area contributed by atoms with Gasteiger partial charge < -0.3 is 20.5 Å². The number of nitrogens with one attached hydrogen (secondary N) is 1. The number of aryl methyl sites for hydroxylation is 1. The number of carbonyl (C=O) groups excluding carboxylic acids is 3. The first-order valence-corrected chi connectivity index (χ1v) is 11.2. The molecule has 0 aliphatic carbocycles. The molecule has 3 rings (SSSR count). The van der Waals surface area contributed by atoms with Crippen molar-refractivity contribution in [2.75, 3.05) is 24.4 Å². The molecule has 2 aromatic carbocycles. The van der Waals surface area contributed by atoms with Gasteiger partial charge in [0.05, 0.1) is 43.0 Å². The number of esters is 2. The van der Waals surface area contributed by atoms with Crippen LogP contribution in [0.1, 0.15) is 30.9 Å². The Hall–Kier alpha value is -4.58. The first-order chi connectivity index (χ1) is 17.2. The topological polar surface area (TPSA) is 135 Å². The average Bonchev–Trinajstić information content (AvgIpc) is 2.88. The zero-order valence-electron chi connectivity index (χ0n) is 20.8. The van der Waals surface area contributed by atoms with Gasteiger partial charge in [0.25, 0.3) is 0 Å². The summed E-state index contributed by atoms with van der Waals surface area (Å²) < 4.78 is 10.1. The van der Waals surface area contributed by atoms with Crippen LogP contribution in [0.3, 0.4) is 0 Å². The van der Waals surface area contributed by atoms with E-state index in [9.17, 15) is 19.6 Å². The predicted molar refractivity (Wildman–Crippen MR) is 134 cm³/mol. The van der Waals surface area contributed by atoms with Gasteiger partial charge in [-0.25, -0.2) is 9.59 Å². The van der Waals surface area contributed by atoms with Crippen molar-refractivity contribution in [2.24, 2.45) is 11.7 Å². The van der Waals surface area contributed by atoms with E-state index in [1.807, 2.05) is 0 Å². The van der Waals surface area contributed by atoms with Crippen LogP contribution in [0, 0.1) is 24.2 Å². The lowest BCUT2D eigenvalue weighted by molar-refractivity contribution is -0.139. The molecular formula is C27H28N4O5. The molecule has 0 saturated heterocycles. The number of nitrogens with two attached hydrogens (primary N) is 1. The SMILES string of the molecule is COC(=O)C1=C(C(=O)OC)N(c2cc(NC(=O)C(C)C)ccc2C)C(N)=C(C#N)C1c1ccccc1. The monoisotopic (exact) mass is 488 g/mol. The lowest BCUT2D eigenvalue weighted by Gasteiger charge is -2.36. The number of rotatable bonds is 6. The van der Waals surface area contributed by atoms with Gasteiger partial charge in [0.1, 0.15) is 11.5 Å². The summed E-state index contributed by atoms with van der Waals surface area (Å²) in [4.78, 5) is 40.0. The van der Waals surface area contributed by atoms with Gasteiger partial charge in [-0.3, -0.25) is 9.69 Å². The molecule has 2 aromatic rings. The molecule has 0 saturated carbocycles. The van der Waals surface area contributed by atoms with E-state index in [4.69, 9.17) is 15.2 Å². The van der Waals surface area contributed by atoms with Crippen LogP contribution in [0.2, 0.25) is 0 Å². The molecular weight excluding hydrogens is 460 g/mol. The van der Waals surface area contributed by atoms with Crippen LogP contribution in [-0.4, -0.2) is 32.1 Å². The first kappa shape index (κ1) is 26.0. The normalized spacial score (nSPS) is 15.5. The van der Waals surface area contributed by atoms with Gasteiger partial charge in [-0.1, -0.05) is 50.2 Å². The lowest BCUT2D eigenvalue weighted by atomic mass is 9.80. The second-order valence-corrected chi connectivity index (χ2v) is 8.48. The first-order valence-electron chi connectivity index (χ1n) is 11.2. The van der Waals surface area contributed by atoms with Gasteiger partial charge in [0, 0.05) is 11.6 Å². The molecule has 1 heterocycles. The van der Waals surface area contributed by atoms with Gasteiger partial charge in [-0.15, -0.1) is 0 Å². The Morgan fingerprint density at radius 3 is 2.25 bits per heavy atom. The number of nitrogens with zero attached hydrogens (tertiary/aromatic N) is 2. The molecule has 0 bridgehead atoms. The summed E-state index contributed by atoms with van der Waals surface area (Å²) in [5.74, 6) is -3.12. The number of allylic oxidation sites excluding steroid dienone is 1. The van der Waals surface area contributed by atoms with Crippen molar-refractivity contribution in [1.82, 2.24) is 0 Å². The van der Waals surface area contributed by atoms with Gasteiger partial charge in [-0.2, -0.15) is 5.26 Å². The summed E-state index contributed by atoms with van der Waals surface area (Å²) in [7, 11) is 2.38. The van der Waals surface area contributed by atoms with E-state index >= 15 is 0 Å². The van der Waals surface area contributed by atoms with Gasteiger partial charge in [0.2, 0.25) is 5.91 Å². The molecule has 0 radical (unpaired) electrons. The standard InChI is InChI=1S/C27H28N4O5/c1-15(2)25(32)30-18-12-11-16(3)20(13-18)31-23(27(34)36-5)22(26(33)35-4)21(19(14-28)24(31)29)17-9-7-6-8-10-17/h6-13,15,21H,29H2,1-5H3,(H,30,32). The van der Waals surface area contributed by atoms with Crippen LogP contribution in [0.5, 0.6) is 0 Å². The minimum Gasteiger partial charge on any atom is -0.466 e. The van der Waals surface area contributed by atoms with Crippen LogP contribution < -0.4 is 16.0 Å². The number of carbonyl (C=O) groups is 3. The second-order valence-electron chi connectivity index (χ2n) is 8.48. The number of methoxy groups -OCH3 is 2. The minimum absolute atomic E-state index is 0.0464. The van der Waals surface area contributed by atoms with Gasteiger partial charge >= 0.3 is 11.9 Å². The third kappa shape index (κ3) is 4.79. The average molecular weight is 489 g/mol. The van der Waals surface area contributed by atoms with Crippen molar-refractivity contribution in [3.8, 4) is 6.07 Å². The molecule has 0 spiro atoms. The summed E-state index contributed by atoms with van der Waals surface area (Å²) in [6, 6.07) is 16.0. The van der Waals surface area contributed by atoms with E-state index in [0.717, 1.165) is 0 Å². The molecule has 9 nitrogen and oxygen atoms in total. The maximum Gasteiger partial charge on any atom is 0.355 e. The summed E-state index contributed by atoms with van der Waals surface area (Å²) >= 11 is 0. The number of hydrogen-bond acceptors (Lipinski definition) is 8. The molecule has 9 heteroatoms. The molecule has 0 aromatic heterocycles. The van der Waals surface area contributed by atoms with E-state index in [1.165, 1.54) is 19.1 Å². The predicted octanol–water partition coefficient (Wildman–Crippen LogP) is 3.49. The van der Waals surface area contributed by atoms with Crippen LogP contribution >= 0.6 is 0 Å². The molecule has 1 amide bonds. The Labute approximate surface area is 209 Å². The third-order valence-corrected chi connectivity index (χ3v) is 5.85. The largest absolute Gasteiger partial charge is 0.466 e. The summed E-state index contributed by atoms with van der Waals surface area (Å²) in [6.07, 6.45) is 0. The summed E-state index contributed by atoms with van der Waals surface area (Å²) in [5.41, 5.74) is 8.43. The molecule has 1 aliphatic rings. The van der Waals surface area contributed by atoms with Crippen LogP contribution in [0.25, 0.3) is 0 Å². The highest BCUT2D eigenvalue weighted by atomic mass is 16.5. The van der Waals surface area contributed by atoms with E-state index in [1.54, 1.807) is 69.3 Å². The highest BCUT2D eigenvalue weighted by Crippen LogP contribution is 2.44. The van der Waals surface area contributed by atoms with Gasteiger partial charge in [0.15, 0.2) is 0 Å². The summed E-state index contributed by atoms with van der Waals surface area (Å²) in [6.45, 7) is 5.30. The second kappa shape index (κ2) is 10.8. The van der Waals surface area contributed by atoms with E-state index < -0.39 is 17.9 Å². The van der Waals surface area contributed by atoms with Crippen LogP contribution in [0.15, 0.2) is 71.2 Å². The number of amides is 1. The Morgan fingerprint density at radius 1 is 1.06 bits per heavy atom. The molecule has 3 N–H and O–H groups in total. The maximum atomic E-state index is 13.2. The number of nitriles is 1. The number of hydrogen-bond donors (Lipinski definition) is 2. The fraction of sp³-hybridized carbons (Fsp3) is 0.259. The van der Waals surface area contributed by atoms with Crippen LogP contribution in [0.4, 0.5) is 11.4 Å². The molecule has 1 atom stereocenters. The van der Waals surface area contributed by atoms with Crippen molar-refractivity contribution < 1.29 is 23.9 Å². The maximum absolute atomic E-state index is 13.2. The van der Waals surface area contributed by atoms with Crippen LogP contribution in [-0.2, 0) is 23.9 Å². The molecule has 1 aliphatic heterocycles. The molecule has 0 fully saturated rings. The Morgan fingerprint density at radius 2 is 1.69 bits per heavy atom. The highest BCUT2D eigenvalue weighted by molar-refractivity contribution is 6.06. The Balaban J connectivity index is 2.37. The zero-order valence-corrected chi connectivity index (χ0v) is 20.8. The highest BCUT2D eigenvalue weighted by Gasteiger charge is 2.43. The Kier molecular flexibility index (Phi) is 7.80. The molecule has 186 valence electrons. The summed E-state index contributed by atoms with van der Waals surface area (Å²) in [5, 5.41) is 13.0. The van der Waals surface area contributed by atoms with E-state index in [2.05, 4.69) is 11.4 Å². The van der Waals surface area contributed by atoms with Crippen molar-refractivity contribution in [3.05, 3.63) is 82.3 Å².